The molecule has 1 radical (unpaired) electrons. The van der Waals surface area contributed by atoms with Crippen LogP contribution in [0.25, 0.3) is 0 Å². The van der Waals surface area contributed by atoms with E-state index in [-0.39, 0.29) is 5.97 Å². The van der Waals surface area contributed by atoms with Gasteiger partial charge in [0.15, 0.2) is 0 Å². The predicted molar refractivity (Wildman–Crippen MR) is 47.0 cm³/mol. The van der Waals surface area contributed by atoms with Crippen molar-refractivity contribution in [3.05, 3.63) is 18.2 Å². The average molecular weight is 181 g/mol. The van der Waals surface area contributed by atoms with Crippen LogP contribution in [0.3, 0.4) is 0 Å². The van der Waals surface area contributed by atoms with Crippen LogP contribution in [0.4, 0.5) is 0 Å². The van der Waals surface area contributed by atoms with E-state index >= 15 is 0 Å². The lowest BCUT2D eigenvalue weighted by Crippen LogP contribution is -2.06. The molecule has 0 aromatic carbocycles. The Morgan fingerprint density at radius 3 is 3.23 bits per heavy atom. The number of rotatable bonds is 5. The van der Waals surface area contributed by atoms with E-state index in [4.69, 9.17) is 4.74 Å². The zero-order chi connectivity index (χ0) is 9.52. The number of aryl methyl sites for hydroxylation is 1. The Hall–Kier alpha value is -1.32. The molecule has 0 bridgehead atoms. The number of nitrogens with one attached hydrogen (secondary N) is 1. The highest BCUT2D eigenvalue weighted by atomic mass is 16.5. The SMILES string of the molecule is CCCOC(=O)CCc1n[c]c[nH]1. The van der Waals surface area contributed by atoms with Crippen molar-refractivity contribution in [2.24, 2.45) is 0 Å². The number of hydrogen-bond donors (Lipinski definition) is 1. The summed E-state index contributed by atoms with van der Waals surface area (Å²) < 4.78 is 4.90. The summed E-state index contributed by atoms with van der Waals surface area (Å²) in [6, 6.07) is 0. The molecule has 0 aliphatic rings. The van der Waals surface area contributed by atoms with Crippen molar-refractivity contribution in [1.29, 1.82) is 0 Å². The summed E-state index contributed by atoms with van der Waals surface area (Å²) in [4.78, 5) is 17.8. The minimum absolute atomic E-state index is 0.168. The molecule has 4 heteroatoms. The second-order valence-electron chi connectivity index (χ2n) is 2.70. The quantitative estimate of drug-likeness (QED) is 0.692. The smallest absolute Gasteiger partial charge is 0.306 e. The molecule has 0 amide bonds. The molecule has 0 aliphatic heterocycles. The summed E-state index contributed by atoms with van der Waals surface area (Å²) in [5, 5.41) is 0. The van der Waals surface area contributed by atoms with Gasteiger partial charge in [0, 0.05) is 12.6 Å². The maximum Gasteiger partial charge on any atom is 0.306 e. The van der Waals surface area contributed by atoms with Crippen molar-refractivity contribution in [3.8, 4) is 0 Å². The fraction of sp³-hybridized carbons (Fsp3) is 0.556. The molecule has 1 rings (SSSR count). The topological polar surface area (TPSA) is 55.0 Å². The standard InChI is InChI=1S/C9H13N2O2/c1-2-7-13-9(12)4-3-8-10-5-6-11-8/h5H,2-4,7H2,1H3,(H,10,11). The number of ether oxygens (including phenoxy) is 1. The van der Waals surface area contributed by atoms with E-state index < -0.39 is 0 Å². The molecule has 1 aromatic rings. The van der Waals surface area contributed by atoms with E-state index in [0.29, 0.717) is 19.4 Å². The zero-order valence-corrected chi connectivity index (χ0v) is 7.67. The number of carbonyl (C=O) groups is 1. The molecule has 71 valence electrons. The summed E-state index contributed by atoms with van der Waals surface area (Å²) in [6.07, 6.45) is 6.08. The van der Waals surface area contributed by atoms with Gasteiger partial charge in [0.1, 0.15) is 12.0 Å². The van der Waals surface area contributed by atoms with Crippen LogP contribution in [-0.2, 0) is 16.0 Å². The van der Waals surface area contributed by atoms with Gasteiger partial charge in [-0.3, -0.25) is 4.79 Å². The van der Waals surface area contributed by atoms with Crippen molar-refractivity contribution in [3.63, 3.8) is 0 Å². The van der Waals surface area contributed by atoms with Crippen LogP contribution in [0.5, 0.6) is 0 Å². The summed E-state index contributed by atoms with van der Waals surface area (Å²) in [6.45, 7) is 2.47. The monoisotopic (exact) mass is 181 g/mol. The number of aromatic nitrogens is 2. The lowest BCUT2D eigenvalue weighted by atomic mass is 10.3. The van der Waals surface area contributed by atoms with Gasteiger partial charge in [-0.25, -0.2) is 4.98 Å². The highest BCUT2D eigenvalue weighted by molar-refractivity contribution is 5.69. The van der Waals surface area contributed by atoms with Gasteiger partial charge in [-0.1, -0.05) is 6.92 Å². The summed E-state index contributed by atoms with van der Waals surface area (Å²) in [5.41, 5.74) is 0. The van der Waals surface area contributed by atoms with Gasteiger partial charge in [-0.05, 0) is 6.42 Å². The minimum atomic E-state index is -0.168. The van der Waals surface area contributed by atoms with E-state index in [9.17, 15) is 4.79 Å². The Balaban J connectivity index is 2.15. The van der Waals surface area contributed by atoms with Crippen LogP contribution in [-0.4, -0.2) is 22.5 Å². The molecule has 0 unspecified atom stereocenters. The van der Waals surface area contributed by atoms with E-state index in [1.807, 2.05) is 6.92 Å². The largest absolute Gasteiger partial charge is 0.466 e. The Kier molecular flexibility index (Phi) is 4.02. The Morgan fingerprint density at radius 1 is 1.77 bits per heavy atom. The predicted octanol–water partition coefficient (Wildman–Crippen LogP) is 1.10. The molecule has 0 aliphatic carbocycles. The van der Waals surface area contributed by atoms with Crippen LogP contribution in [0, 0.1) is 6.20 Å². The van der Waals surface area contributed by atoms with Crippen LogP contribution in [0.2, 0.25) is 0 Å². The average Bonchev–Trinajstić information content (AvgIpc) is 2.64. The molecule has 13 heavy (non-hydrogen) atoms. The zero-order valence-electron chi connectivity index (χ0n) is 7.67. The molecule has 0 atom stereocenters. The second-order valence-corrected chi connectivity index (χ2v) is 2.70. The van der Waals surface area contributed by atoms with Crippen LogP contribution in [0.1, 0.15) is 25.6 Å². The van der Waals surface area contributed by atoms with Gasteiger partial charge >= 0.3 is 5.97 Å². The van der Waals surface area contributed by atoms with E-state index in [2.05, 4.69) is 16.2 Å². The maximum absolute atomic E-state index is 11.0. The van der Waals surface area contributed by atoms with E-state index in [1.165, 1.54) is 0 Å². The molecule has 1 N–H and O–H groups in total. The normalized spacial score (nSPS) is 9.92. The molecule has 0 spiro atoms. The number of aromatic amines is 1. The number of hydrogen-bond acceptors (Lipinski definition) is 3. The van der Waals surface area contributed by atoms with Gasteiger partial charge in [-0.15, -0.1) is 0 Å². The molecule has 1 heterocycles. The maximum atomic E-state index is 11.0. The van der Waals surface area contributed by atoms with Gasteiger partial charge in [0.25, 0.3) is 0 Å². The summed E-state index contributed by atoms with van der Waals surface area (Å²) >= 11 is 0. The van der Waals surface area contributed by atoms with Crippen molar-refractivity contribution in [2.75, 3.05) is 6.61 Å². The molecule has 0 saturated carbocycles. The number of carbonyl (C=O) groups excluding carboxylic acids is 1. The summed E-state index contributed by atoms with van der Waals surface area (Å²) in [7, 11) is 0. The highest BCUT2D eigenvalue weighted by Gasteiger charge is 2.03. The van der Waals surface area contributed by atoms with Gasteiger partial charge in [0.2, 0.25) is 0 Å². The van der Waals surface area contributed by atoms with Crippen LogP contribution >= 0.6 is 0 Å². The molecular weight excluding hydrogens is 168 g/mol. The van der Waals surface area contributed by atoms with Crippen LogP contribution in [0.15, 0.2) is 6.20 Å². The highest BCUT2D eigenvalue weighted by Crippen LogP contribution is 1.96. The van der Waals surface area contributed by atoms with Gasteiger partial charge < -0.3 is 9.72 Å². The third-order valence-electron chi connectivity index (χ3n) is 1.54. The van der Waals surface area contributed by atoms with E-state index in [0.717, 1.165) is 12.2 Å². The van der Waals surface area contributed by atoms with E-state index in [1.54, 1.807) is 6.20 Å². The first-order chi connectivity index (χ1) is 6.33. The van der Waals surface area contributed by atoms with Crippen LogP contribution < -0.4 is 0 Å². The van der Waals surface area contributed by atoms with Gasteiger partial charge in [-0.2, -0.15) is 0 Å². The Labute approximate surface area is 77.3 Å². The second kappa shape index (κ2) is 5.35. The fourth-order valence-corrected chi connectivity index (χ4v) is 0.895. The molecule has 0 saturated heterocycles. The van der Waals surface area contributed by atoms with Crippen molar-refractivity contribution < 1.29 is 9.53 Å². The first-order valence-corrected chi connectivity index (χ1v) is 4.39. The lowest BCUT2D eigenvalue weighted by molar-refractivity contribution is -0.143. The Bertz CT molecular complexity index is 244. The first kappa shape index (κ1) is 9.77. The number of H-pyrrole nitrogens is 1. The lowest BCUT2D eigenvalue weighted by Gasteiger charge is -2.00. The fourth-order valence-electron chi connectivity index (χ4n) is 0.895. The molecule has 4 nitrogen and oxygen atoms in total. The van der Waals surface area contributed by atoms with Crippen molar-refractivity contribution in [2.45, 2.75) is 26.2 Å². The van der Waals surface area contributed by atoms with Crippen molar-refractivity contribution in [1.82, 2.24) is 9.97 Å². The molecule has 1 aromatic heterocycles. The number of imidazole rings is 1. The van der Waals surface area contributed by atoms with Gasteiger partial charge in [0.05, 0.1) is 13.0 Å². The minimum Gasteiger partial charge on any atom is -0.466 e. The number of esters is 1. The third-order valence-corrected chi connectivity index (χ3v) is 1.54. The van der Waals surface area contributed by atoms with Crippen molar-refractivity contribution >= 4 is 5.97 Å². The third kappa shape index (κ3) is 3.73. The number of nitrogens with zero attached hydrogens (tertiary/aromatic N) is 1. The Morgan fingerprint density at radius 2 is 2.62 bits per heavy atom. The molecular formula is C9H13N2O2. The molecule has 0 fully saturated rings. The summed E-state index contributed by atoms with van der Waals surface area (Å²) in [5.74, 6) is 0.603. The first-order valence-electron chi connectivity index (χ1n) is 4.39.